The summed E-state index contributed by atoms with van der Waals surface area (Å²) in [5, 5.41) is 0.495. The first kappa shape index (κ1) is 27.9. The standard InChI is InChI=1S/C26H20F6N2O2S2/c1-2-36-23(35)18-8-11-22-21(13-18)33-24(34(22)14-16-6-9-19(10-7-16)25(27,28)29)37-15-17-4-3-5-20(12-17)38-26(30,31)32/h3-13H,2,14-15H2,1H3. The summed E-state index contributed by atoms with van der Waals surface area (Å²) in [5.74, 6) is -0.215. The van der Waals surface area contributed by atoms with E-state index in [-0.39, 0.29) is 29.8 Å². The number of rotatable bonds is 8. The molecule has 4 aromatic rings. The Morgan fingerprint density at radius 3 is 2.34 bits per heavy atom. The van der Waals surface area contributed by atoms with Crippen LogP contribution in [0.25, 0.3) is 11.0 Å². The van der Waals surface area contributed by atoms with Crippen molar-refractivity contribution in [2.24, 2.45) is 0 Å². The summed E-state index contributed by atoms with van der Waals surface area (Å²) >= 11 is 1.07. The van der Waals surface area contributed by atoms with Gasteiger partial charge in [0.2, 0.25) is 0 Å². The topological polar surface area (TPSA) is 44.1 Å². The summed E-state index contributed by atoms with van der Waals surface area (Å²) in [6, 6.07) is 15.7. The summed E-state index contributed by atoms with van der Waals surface area (Å²) in [4.78, 5) is 16.9. The van der Waals surface area contributed by atoms with Crippen LogP contribution in [0.3, 0.4) is 0 Å². The van der Waals surface area contributed by atoms with Crippen LogP contribution in [0, 0.1) is 0 Å². The van der Waals surface area contributed by atoms with E-state index in [0.717, 1.165) is 12.1 Å². The summed E-state index contributed by atoms with van der Waals surface area (Å²) in [6.45, 7) is 2.08. The number of carbonyl (C=O) groups is 1. The highest BCUT2D eigenvalue weighted by atomic mass is 32.2. The van der Waals surface area contributed by atoms with Gasteiger partial charge in [-0.2, -0.15) is 26.3 Å². The first-order chi connectivity index (χ1) is 17.9. The molecule has 0 amide bonds. The molecule has 0 saturated carbocycles. The number of fused-ring (bicyclic) bond motifs is 1. The van der Waals surface area contributed by atoms with Gasteiger partial charge in [0.05, 0.1) is 35.3 Å². The molecule has 1 aromatic heterocycles. The molecule has 200 valence electrons. The zero-order chi connectivity index (χ0) is 27.5. The lowest BCUT2D eigenvalue weighted by atomic mass is 10.1. The summed E-state index contributed by atoms with van der Waals surface area (Å²) in [6.07, 6.45) is -4.45. The maximum Gasteiger partial charge on any atom is 0.446 e. The molecule has 0 bridgehead atoms. The number of aromatic nitrogens is 2. The third-order valence-electron chi connectivity index (χ3n) is 5.35. The Labute approximate surface area is 222 Å². The number of ether oxygens (including phenoxy) is 1. The highest BCUT2D eigenvalue weighted by Gasteiger charge is 2.30. The van der Waals surface area contributed by atoms with Crippen LogP contribution >= 0.6 is 23.5 Å². The van der Waals surface area contributed by atoms with Crippen molar-refractivity contribution in [2.75, 3.05) is 6.61 Å². The molecule has 0 N–H and O–H groups in total. The number of hydrogen-bond acceptors (Lipinski definition) is 5. The van der Waals surface area contributed by atoms with Crippen molar-refractivity contribution in [2.45, 2.75) is 41.0 Å². The van der Waals surface area contributed by atoms with Gasteiger partial charge in [0.15, 0.2) is 5.16 Å². The molecule has 0 aliphatic carbocycles. The lowest BCUT2D eigenvalue weighted by molar-refractivity contribution is -0.137. The lowest BCUT2D eigenvalue weighted by Crippen LogP contribution is -2.06. The van der Waals surface area contributed by atoms with Crippen LogP contribution in [-0.4, -0.2) is 27.6 Å². The number of benzene rings is 3. The minimum Gasteiger partial charge on any atom is -0.462 e. The van der Waals surface area contributed by atoms with E-state index in [9.17, 15) is 31.1 Å². The fourth-order valence-corrected chi connectivity index (χ4v) is 5.26. The normalized spacial score (nSPS) is 12.2. The fraction of sp³-hybridized carbons (Fsp3) is 0.231. The summed E-state index contributed by atoms with van der Waals surface area (Å²) in [7, 11) is 0. The van der Waals surface area contributed by atoms with Gasteiger partial charge < -0.3 is 9.30 Å². The molecular formula is C26H20F6N2O2S2. The van der Waals surface area contributed by atoms with Gasteiger partial charge in [0.25, 0.3) is 0 Å². The predicted octanol–water partition coefficient (Wildman–Crippen LogP) is 8.18. The Balaban J connectivity index is 1.65. The lowest BCUT2D eigenvalue weighted by Gasteiger charge is -2.12. The number of alkyl halides is 6. The van der Waals surface area contributed by atoms with E-state index in [1.807, 2.05) is 0 Å². The molecule has 0 atom stereocenters. The van der Waals surface area contributed by atoms with Gasteiger partial charge in [-0.1, -0.05) is 36.0 Å². The third-order valence-corrected chi connectivity index (χ3v) is 7.11. The smallest absolute Gasteiger partial charge is 0.446 e. The second kappa shape index (κ2) is 11.3. The Kier molecular flexibility index (Phi) is 8.31. The Hall–Kier alpha value is -3.12. The maximum absolute atomic E-state index is 13.0. The summed E-state index contributed by atoms with van der Waals surface area (Å²) in [5.41, 5.74) is -2.51. The first-order valence-electron chi connectivity index (χ1n) is 11.2. The SMILES string of the molecule is CCOC(=O)c1ccc2c(c1)nc(SCc1cccc(SC(F)(F)F)c1)n2Cc1ccc(C(F)(F)F)cc1. The second-order valence-electron chi connectivity index (χ2n) is 8.08. The van der Waals surface area contributed by atoms with E-state index >= 15 is 0 Å². The monoisotopic (exact) mass is 570 g/mol. The van der Waals surface area contributed by atoms with E-state index in [1.165, 1.54) is 36.0 Å². The Morgan fingerprint density at radius 1 is 0.947 bits per heavy atom. The minimum absolute atomic E-state index is 0.0629. The molecular weight excluding hydrogens is 550 g/mol. The van der Waals surface area contributed by atoms with Crippen molar-refractivity contribution in [3.63, 3.8) is 0 Å². The summed E-state index contributed by atoms with van der Waals surface area (Å²) < 4.78 is 84.1. The quantitative estimate of drug-likeness (QED) is 0.121. The van der Waals surface area contributed by atoms with Gasteiger partial charge in [-0.15, -0.1) is 0 Å². The largest absolute Gasteiger partial charge is 0.462 e. The van der Waals surface area contributed by atoms with Gasteiger partial charge in [-0.05, 0) is 72.3 Å². The second-order valence-corrected chi connectivity index (χ2v) is 10.2. The highest BCUT2D eigenvalue weighted by Crippen LogP contribution is 2.38. The van der Waals surface area contributed by atoms with Crippen LogP contribution in [0.5, 0.6) is 0 Å². The molecule has 0 aliphatic heterocycles. The average Bonchev–Trinajstić information content (AvgIpc) is 3.18. The third kappa shape index (κ3) is 7.04. The van der Waals surface area contributed by atoms with Crippen molar-refractivity contribution in [1.29, 1.82) is 0 Å². The van der Waals surface area contributed by atoms with Crippen molar-refractivity contribution in [3.8, 4) is 0 Å². The van der Waals surface area contributed by atoms with Crippen molar-refractivity contribution >= 4 is 40.5 Å². The van der Waals surface area contributed by atoms with E-state index in [2.05, 4.69) is 4.98 Å². The molecule has 0 radical (unpaired) electrons. The Bertz CT molecular complexity index is 1430. The minimum atomic E-state index is -4.45. The number of hydrogen-bond donors (Lipinski definition) is 0. The van der Waals surface area contributed by atoms with Gasteiger partial charge in [0.1, 0.15) is 0 Å². The van der Waals surface area contributed by atoms with Gasteiger partial charge >= 0.3 is 17.7 Å². The molecule has 12 heteroatoms. The van der Waals surface area contributed by atoms with Crippen LogP contribution < -0.4 is 0 Å². The zero-order valence-corrected chi connectivity index (χ0v) is 21.4. The number of esters is 1. The number of thioether (sulfide) groups is 2. The molecule has 1 heterocycles. The predicted molar refractivity (Wildman–Crippen MR) is 134 cm³/mol. The van der Waals surface area contributed by atoms with Gasteiger partial charge in [0, 0.05) is 10.6 Å². The van der Waals surface area contributed by atoms with E-state index < -0.39 is 23.2 Å². The molecule has 3 aromatic carbocycles. The maximum atomic E-state index is 13.0. The molecule has 4 rings (SSSR count). The van der Waals surface area contributed by atoms with Gasteiger partial charge in [-0.3, -0.25) is 0 Å². The van der Waals surface area contributed by atoms with Crippen molar-refractivity contribution in [3.05, 3.63) is 89.0 Å². The zero-order valence-electron chi connectivity index (χ0n) is 19.8. The number of imidazole rings is 1. The van der Waals surface area contributed by atoms with E-state index in [0.29, 0.717) is 38.6 Å². The van der Waals surface area contributed by atoms with Gasteiger partial charge in [-0.25, -0.2) is 9.78 Å². The number of nitrogens with zero attached hydrogens (tertiary/aromatic N) is 2. The molecule has 0 unspecified atom stereocenters. The molecule has 0 aliphatic rings. The first-order valence-corrected chi connectivity index (χ1v) is 13.0. The molecule has 0 saturated heterocycles. The van der Waals surface area contributed by atoms with E-state index in [4.69, 9.17) is 4.74 Å². The molecule has 0 fully saturated rings. The van der Waals surface area contributed by atoms with Crippen molar-refractivity contribution < 1.29 is 35.9 Å². The average molecular weight is 571 g/mol. The van der Waals surface area contributed by atoms with Crippen LogP contribution in [0.2, 0.25) is 0 Å². The van der Waals surface area contributed by atoms with Crippen LogP contribution in [0.1, 0.15) is 34.0 Å². The Morgan fingerprint density at radius 2 is 1.68 bits per heavy atom. The van der Waals surface area contributed by atoms with E-state index in [1.54, 1.807) is 41.8 Å². The van der Waals surface area contributed by atoms with Crippen LogP contribution in [0.15, 0.2) is 76.8 Å². The highest BCUT2D eigenvalue weighted by molar-refractivity contribution is 8.00. The van der Waals surface area contributed by atoms with Crippen LogP contribution in [0.4, 0.5) is 26.3 Å². The van der Waals surface area contributed by atoms with Crippen LogP contribution in [-0.2, 0) is 23.2 Å². The fourth-order valence-electron chi connectivity index (χ4n) is 3.67. The molecule has 4 nitrogen and oxygen atoms in total. The van der Waals surface area contributed by atoms with Crippen molar-refractivity contribution in [1.82, 2.24) is 9.55 Å². The number of carbonyl (C=O) groups excluding carboxylic acids is 1. The number of halogens is 6. The molecule has 38 heavy (non-hydrogen) atoms. The molecule has 0 spiro atoms.